The summed E-state index contributed by atoms with van der Waals surface area (Å²) < 4.78 is 9.66. The minimum absolute atomic E-state index is 0.379. The number of carbonyl (C=O) groups is 1. The highest BCUT2D eigenvalue weighted by molar-refractivity contribution is 6.19. The highest BCUT2D eigenvalue weighted by Crippen LogP contribution is 2.26. The van der Waals surface area contributed by atoms with Crippen molar-refractivity contribution >= 4 is 13.7 Å². The van der Waals surface area contributed by atoms with Gasteiger partial charge in [-0.2, -0.15) is 0 Å². The summed E-state index contributed by atoms with van der Waals surface area (Å²) in [6, 6.07) is 0. The molecule has 1 atom stereocenters. The molecule has 0 aromatic heterocycles. The lowest BCUT2D eigenvalue weighted by molar-refractivity contribution is -0.156. The fourth-order valence-electron chi connectivity index (χ4n) is 0.996. The highest BCUT2D eigenvalue weighted by atomic mass is 16.6. The molecular weight excluding hydrogens is 147 g/mol. The van der Waals surface area contributed by atoms with E-state index in [1.165, 1.54) is 0 Å². The molecule has 11 heavy (non-hydrogen) atoms. The Hall–Kier alpha value is -0.545. The van der Waals surface area contributed by atoms with E-state index in [9.17, 15) is 4.79 Å². The molecule has 1 N–H and O–H groups in total. The van der Waals surface area contributed by atoms with Crippen molar-refractivity contribution in [3.8, 4) is 0 Å². The molecule has 61 valence electrons. The molecular formula is C6H10BO4. The van der Waals surface area contributed by atoms with Crippen molar-refractivity contribution < 1.29 is 19.2 Å². The van der Waals surface area contributed by atoms with Crippen LogP contribution in [0.2, 0.25) is 0 Å². The number of carboxylic acid groups (broad SMARTS) is 1. The first-order valence-electron chi connectivity index (χ1n) is 3.35. The van der Waals surface area contributed by atoms with Crippen LogP contribution in [-0.2, 0) is 14.1 Å². The van der Waals surface area contributed by atoms with Crippen LogP contribution >= 0.6 is 0 Å². The second kappa shape index (κ2) is 2.83. The Morgan fingerprint density at radius 2 is 2.36 bits per heavy atom. The Bertz CT molecular complexity index is 168. The van der Waals surface area contributed by atoms with Crippen LogP contribution in [0.1, 0.15) is 13.8 Å². The Morgan fingerprint density at radius 1 is 1.73 bits per heavy atom. The summed E-state index contributed by atoms with van der Waals surface area (Å²) in [5, 5.41) is 8.67. The predicted octanol–water partition coefficient (Wildman–Crippen LogP) is 0.0468. The van der Waals surface area contributed by atoms with Crippen molar-refractivity contribution in [3.05, 3.63) is 0 Å². The van der Waals surface area contributed by atoms with Gasteiger partial charge in [0.05, 0.1) is 0 Å². The van der Waals surface area contributed by atoms with Crippen LogP contribution in [0.3, 0.4) is 0 Å². The first-order chi connectivity index (χ1) is 5.04. The molecule has 1 radical (unpaired) electrons. The van der Waals surface area contributed by atoms with Gasteiger partial charge in [0.15, 0.2) is 0 Å². The second-order valence-electron chi connectivity index (χ2n) is 3.25. The number of carboxylic acids is 1. The van der Waals surface area contributed by atoms with Crippen LogP contribution in [0.5, 0.6) is 0 Å². The molecule has 0 saturated carbocycles. The van der Waals surface area contributed by atoms with E-state index in [1.807, 2.05) is 0 Å². The quantitative estimate of drug-likeness (QED) is 0.546. The van der Waals surface area contributed by atoms with Gasteiger partial charge < -0.3 is 14.4 Å². The maximum Gasteiger partial charge on any atom is 0.488 e. The van der Waals surface area contributed by atoms with Crippen molar-refractivity contribution in [1.29, 1.82) is 0 Å². The molecule has 1 aliphatic rings. The van der Waals surface area contributed by atoms with Gasteiger partial charge in [-0.25, -0.2) is 4.79 Å². The van der Waals surface area contributed by atoms with E-state index >= 15 is 0 Å². The van der Waals surface area contributed by atoms with Gasteiger partial charge in [0.25, 0.3) is 0 Å². The fraction of sp³-hybridized carbons (Fsp3) is 0.833. The van der Waals surface area contributed by atoms with E-state index in [1.54, 1.807) is 13.8 Å². The third-order valence-corrected chi connectivity index (χ3v) is 1.65. The van der Waals surface area contributed by atoms with Gasteiger partial charge in [0, 0.05) is 12.0 Å². The van der Waals surface area contributed by atoms with Crippen LogP contribution in [0.25, 0.3) is 0 Å². The van der Waals surface area contributed by atoms with Crippen molar-refractivity contribution in [3.63, 3.8) is 0 Å². The predicted molar refractivity (Wildman–Crippen MR) is 38.0 cm³/mol. The molecule has 0 aromatic carbocycles. The molecule has 1 aliphatic heterocycles. The zero-order valence-corrected chi connectivity index (χ0v) is 6.53. The average molecular weight is 157 g/mol. The van der Waals surface area contributed by atoms with Gasteiger partial charge in [-0.3, -0.25) is 0 Å². The summed E-state index contributed by atoms with van der Waals surface area (Å²) in [4.78, 5) is 10.6. The Morgan fingerprint density at radius 3 is 2.73 bits per heavy atom. The average Bonchev–Trinajstić information content (AvgIpc) is 1.85. The van der Waals surface area contributed by atoms with Gasteiger partial charge in [0.2, 0.25) is 0 Å². The molecule has 0 amide bonds. The molecule has 0 aromatic rings. The SMILES string of the molecule is CC1(C)CO[B]OC1C(=O)O. The van der Waals surface area contributed by atoms with Gasteiger partial charge in [-0.05, 0) is 0 Å². The smallest absolute Gasteiger partial charge is 0.479 e. The van der Waals surface area contributed by atoms with Gasteiger partial charge in [-0.1, -0.05) is 13.8 Å². The molecule has 5 heteroatoms. The molecule has 0 bridgehead atoms. The fourth-order valence-corrected chi connectivity index (χ4v) is 0.996. The summed E-state index contributed by atoms with van der Waals surface area (Å²) in [5.74, 6) is -0.949. The van der Waals surface area contributed by atoms with Crippen LogP contribution in [0.15, 0.2) is 0 Å². The van der Waals surface area contributed by atoms with Crippen molar-refractivity contribution in [2.24, 2.45) is 5.41 Å². The van der Waals surface area contributed by atoms with Crippen LogP contribution in [-0.4, -0.2) is 31.5 Å². The van der Waals surface area contributed by atoms with Gasteiger partial charge in [-0.15, -0.1) is 0 Å². The molecule has 4 nitrogen and oxygen atoms in total. The second-order valence-corrected chi connectivity index (χ2v) is 3.25. The number of hydrogen-bond acceptors (Lipinski definition) is 3. The van der Waals surface area contributed by atoms with Crippen LogP contribution in [0.4, 0.5) is 0 Å². The standard InChI is InChI=1S/C6H10BO4/c1-6(2)3-10-7-11-4(6)5(8)9/h4H,3H2,1-2H3,(H,8,9). The Labute approximate surface area is 65.8 Å². The molecule has 1 heterocycles. The normalized spacial score (nSPS) is 29.1. The van der Waals surface area contributed by atoms with Gasteiger partial charge in [0.1, 0.15) is 6.10 Å². The molecule has 1 rings (SSSR count). The van der Waals surface area contributed by atoms with Crippen molar-refractivity contribution in [2.75, 3.05) is 6.61 Å². The number of rotatable bonds is 1. The van der Waals surface area contributed by atoms with E-state index in [4.69, 9.17) is 14.4 Å². The minimum Gasteiger partial charge on any atom is -0.479 e. The largest absolute Gasteiger partial charge is 0.488 e. The third kappa shape index (κ3) is 1.72. The zero-order valence-electron chi connectivity index (χ0n) is 6.53. The lowest BCUT2D eigenvalue weighted by atomic mass is 9.85. The summed E-state index contributed by atoms with van der Waals surface area (Å²) in [6.45, 7) is 3.96. The van der Waals surface area contributed by atoms with E-state index in [0.717, 1.165) is 7.69 Å². The molecule has 0 aliphatic carbocycles. The molecule has 1 saturated heterocycles. The van der Waals surface area contributed by atoms with Crippen LogP contribution in [0, 0.1) is 5.41 Å². The lowest BCUT2D eigenvalue weighted by Gasteiger charge is -2.34. The van der Waals surface area contributed by atoms with Gasteiger partial charge >= 0.3 is 13.7 Å². The maximum atomic E-state index is 10.6. The van der Waals surface area contributed by atoms with E-state index in [0.29, 0.717) is 6.61 Å². The Balaban J connectivity index is 2.67. The topological polar surface area (TPSA) is 55.8 Å². The van der Waals surface area contributed by atoms with Crippen molar-refractivity contribution in [2.45, 2.75) is 20.0 Å². The third-order valence-electron chi connectivity index (χ3n) is 1.65. The first kappa shape index (κ1) is 8.55. The number of aliphatic carboxylic acids is 1. The lowest BCUT2D eigenvalue weighted by Crippen LogP contribution is -2.47. The summed E-state index contributed by atoms with van der Waals surface area (Å²) in [6.07, 6.45) is -0.795. The minimum atomic E-state index is -0.949. The van der Waals surface area contributed by atoms with E-state index < -0.39 is 17.5 Å². The summed E-state index contributed by atoms with van der Waals surface area (Å²) in [7, 11) is 1.09. The molecule has 1 unspecified atom stereocenters. The van der Waals surface area contributed by atoms with Crippen molar-refractivity contribution in [1.82, 2.24) is 0 Å². The monoisotopic (exact) mass is 157 g/mol. The van der Waals surface area contributed by atoms with E-state index in [2.05, 4.69) is 0 Å². The molecule has 1 fully saturated rings. The summed E-state index contributed by atoms with van der Waals surface area (Å²) >= 11 is 0. The van der Waals surface area contributed by atoms with E-state index in [-0.39, 0.29) is 0 Å². The molecule has 0 spiro atoms. The highest BCUT2D eigenvalue weighted by Gasteiger charge is 2.39. The zero-order chi connectivity index (χ0) is 8.48. The maximum absolute atomic E-state index is 10.6. The summed E-state index contributed by atoms with van der Waals surface area (Å²) in [5.41, 5.74) is -0.458. The first-order valence-corrected chi connectivity index (χ1v) is 3.35. The van der Waals surface area contributed by atoms with Crippen LogP contribution < -0.4 is 0 Å². The Kier molecular flexibility index (Phi) is 2.20. The number of hydrogen-bond donors (Lipinski definition) is 1.